The molecule has 1 aromatic carbocycles. The number of amides is 2. The lowest BCUT2D eigenvalue weighted by Gasteiger charge is -2.30. The van der Waals surface area contributed by atoms with Crippen LogP contribution < -0.4 is 4.90 Å². The highest BCUT2D eigenvalue weighted by molar-refractivity contribution is 6.22. The molecule has 3 nitrogen and oxygen atoms in total. The van der Waals surface area contributed by atoms with Crippen LogP contribution in [0.15, 0.2) is 42.5 Å². The summed E-state index contributed by atoms with van der Waals surface area (Å²) in [7, 11) is 0. The van der Waals surface area contributed by atoms with Crippen LogP contribution >= 0.6 is 0 Å². The molecule has 0 N–H and O–H groups in total. The number of hydrogen-bond acceptors (Lipinski definition) is 2. The minimum atomic E-state index is -0.0588. The molecule has 132 valence electrons. The third-order valence-corrected chi connectivity index (χ3v) is 7.55. The molecule has 26 heavy (non-hydrogen) atoms. The maximum atomic E-state index is 13.3. The topological polar surface area (TPSA) is 37.4 Å². The number of benzene rings is 1. The highest BCUT2D eigenvalue weighted by Gasteiger charge is 2.66. The van der Waals surface area contributed by atoms with Crippen LogP contribution in [0.2, 0.25) is 0 Å². The highest BCUT2D eigenvalue weighted by Crippen LogP contribution is 2.67. The molecule has 1 heterocycles. The maximum Gasteiger partial charge on any atom is 0.237 e. The van der Waals surface area contributed by atoms with Gasteiger partial charge in [-0.2, -0.15) is 0 Å². The van der Waals surface area contributed by atoms with Crippen molar-refractivity contribution in [3.63, 3.8) is 0 Å². The molecular weight excluding hydrogens is 322 g/mol. The average Bonchev–Trinajstić information content (AvgIpc) is 3.38. The van der Waals surface area contributed by atoms with Crippen molar-refractivity contribution in [2.45, 2.75) is 32.1 Å². The van der Waals surface area contributed by atoms with Crippen LogP contribution in [0.25, 0.3) is 5.57 Å². The quantitative estimate of drug-likeness (QED) is 0.753. The molecule has 1 saturated heterocycles. The van der Waals surface area contributed by atoms with Crippen LogP contribution in [-0.4, -0.2) is 11.8 Å². The number of nitrogens with zero attached hydrogens (tertiary/aromatic N) is 1. The minimum Gasteiger partial charge on any atom is -0.274 e. The van der Waals surface area contributed by atoms with Crippen molar-refractivity contribution in [2.24, 2.45) is 35.5 Å². The number of hydrogen-bond donors (Lipinski definition) is 0. The van der Waals surface area contributed by atoms with E-state index in [9.17, 15) is 9.59 Å². The second-order valence-electron chi connectivity index (χ2n) is 8.79. The second-order valence-corrected chi connectivity index (χ2v) is 8.79. The van der Waals surface area contributed by atoms with E-state index in [0.717, 1.165) is 42.3 Å². The Hall–Kier alpha value is -2.16. The first-order valence-electron chi connectivity index (χ1n) is 10.1. The third kappa shape index (κ3) is 1.94. The van der Waals surface area contributed by atoms with E-state index in [0.29, 0.717) is 11.8 Å². The van der Waals surface area contributed by atoms with Crippen LogP contribution in [0, 0.1) is 35.5 Å². The molecule has 6 rings (SSSR count). The molecule has 5 aliphatic rings. The van der Waals surface area contributed by atoms with E-state index in [1.54, 1.807) is 0 Å². The number of rotatable bonds is 2. The summed E-state index contributed by atoms with van der Waals surface area (Å²) in [6.45, 7) is 0. The van der Waals surface area contributed by atoms with Gasteiger partial charge < -0.3 is 0 Å². The Balaban J connectivity index is 1.36. The van der Waals surface area contributed by atoms with E-state index in [1.165, 1.54) is 23.3 Å². The van der Waals surface area contributed by atoms with E-state index in [-0.39, 0.29) is 23.7 Å². The van der Waals surface area contributed by atoms with Crippen molar-refractivity contribution < 1.29 is 9.59 Å². The van der Waals surface area contributed by atoms with E-state index in [1.807, 2.05) is 18.2 Å². The zero-order valence-corrected chi connectivity index (χ0v) is 14.8. The van der Waals surface area contributed by atoms with Gasteiger partial charge in [0.25, 0.3) is 0 Å². The standard InChI is InChI=1S/C23H23NO2/c25-22-20-11-15-10-19(18-12-17(15)18)21(20)23(26)24(22)16-8-4-7-14(9-16)13-5-2-1-3-6-13/h2,4-9,15,17-21H,1,3,10-12H2. The number of carbonyl (C=O) groups is 2. The number of fused-ring (bicyclic) bond motifs is 7. The van der Waals surface area contributed by atoms with Gasteiger partial charge in [0, 0.05) is 0 Å². The molecule has 1 aromatic rings. The zero-order valence-electron chi connectivity index (χ0n) is 14.8. The fraction of sp³-hybridized carbons (Fsp3) is 0.478. The Labute approximate surface area is 153 Å². The lowest BCUT2D eigenvalue weighted by Crippen LogP contribution is -2.33. The molecule has 1 aliphatic heterocycles. The largest absolute Gasteiger partial charge is 0.274 e. The third-order valence-electron chi connectivity index (χ3n) is 7.55. The van der Waals surface area contributed by atoms with Crippen molar-refractivity contribution in [3.8, 4) is 0 Å². The predicted octanol–water partition coefficient (Wildman–Crippen LogP) is 4.20. The molecule has 6 atom stereocenters. The van der Waals surface area contributed by atoms with Crippen molar-refractivity contribution in [1.29, 1.82) is 0 Å². The zero-order chi connectivity index (χ0) is 17.4. The van der Waals surface area contributed by atoms with Gasteiger partial charge in [0.15, 0.2) is 0 Å². The summed E-state index contributed by atoms with van der Waals surface area (Å²) >= 11 is 0. The van der Waals surface area contributed by atoms with Gasteiger partial charge in [-0.1, -0.05) is 30.4 Å². The fourth-order valence-electron chi connectivity index (χ4n) is 6.36. The molecule has 0 aromatic heterocycles. The summed E-state index contributed by atoms with van der Waals surface area (Å²) < 4.78 is 0. The average molecular weight is 345 g/mol. The lowest BCUT2D eigenvalue weighted by atomic mass is 9.71. The Morgan fingerprint density at radius 1 is 0.923 bits per heavy atom. The monoisotopic (exact) mass is 345 g/mol. The molecule has 0 radical (unpaired) electrons. The smallest absolute Gasteiger partial charge is 0.237 e. The van der Waals surface area contributed by atoms with Gasteiger partial charge in [-0.25, -0.2) is 0 Å². The van der Waals surface area contributed by atoms with Crippen LogP contribution in [0.4, 0.5) is 5.69 Å². The molecule has 4 fully saturated rings. The van der Waals surface area contributed by atoms with Crippen LogP contribution in [0.3, 0.4) is 0 Å². The maximum absolute atomic E-state index is 13.3. The van der Waals surface area contributed by atoms with Crippen molar-refractivity contribution in [3.05, 3.63) is 48.1 Å². The predicted molar refractivity (Wildman–Crippen MR) is 100 cm³/mol. The number of imide groups is 1. The summed E-state index contributed by atoms with van der Waals surface area (Å²) in [6, 6.07) is 7.98. The lowest BCUT2D eigenvalue weighted by molar-refractivity contribution is -0.123. The Morgan fingerprint density at radius 3 is 2.69 bits per heavy atom. The molecule has 3 saturated carbocycles. The van der Waals surface area contributed by atoms with Gasteiger partial charge in [0.05, 0.1) is 17.5 Å². The normalized spacial score (nSPS) is 39.7. The first kappa shape index (κ1) is 15.0. The highest BCUT2D eigenvalue weighted by atomic mass is 16.2. The summed E-state index contributed by atoms with van der Waals surface area (Å²) in [5.74, 6) is 2.75. The van der Waals surface area contributed by atoms with E-state index in [2.05, 4.69) is 24.3 Å². The van der Waals surface area contributed by atoms with Crippen molar-refractivity contribution >= 4 is 23.1 Å². The van der Waals surface area contributed by atoms with Crippen LogP contribution in [-0.2, 0) is 9.59 Å². The molecule has 2 amide bonds. The number of anilines is 1. The first-order chi connectivity index (χ1) is 12.7. The van der Waals surface area contributed by atoms with Crippen molar-refractivity contribution in [1.82, 2.24) is 0 Å². The summed E-state index contributed by atoms with van der Waals surface area (Å²) in [5.41, 5.74) is 3.04. The Morgan fingerprint density at radius 2 is 1.85 bits per heavy atom. The molecule has 2 bridgehead atoms. The minimum absolute atomic E-state index is 0.0475. The SMILES string of the molecule is O=C1C2CC3CC(C4CC34)C2C(=O)N1c1cccc(C2=CCCC=C2)c1. The number of carbonyl (C=O) groups excluding carboxylic acids is 2. The summed E-state index contributed by atoms with van der Waals surface area (Å²) in [5, 5.41) is 0. The first-order valence-corrected chi connectivity index (χ1v) is 10.1. The van der Waals surface area contributed by atoms with Crippen LogP contribution in [0.5, 0.6) is 0 Å². The molecule has 0 spiro atoms. The molecule has 4 aliphatic carbocycles. The van der Waals surface area contributed by atoms with Gasteiger partial charge >= 0.3 is 0 Å². The molecule has 3 heteroatoms. The van der Waals surface area contributed by atoms with Gasteiger partial charge in [-0.05, 0) is 79.0 Å². The fourth-order valence-corrected chi connectivity index (χ4v) is 6.36. The van der Waals surface area contributed by atoms with Gasteiger partial charge in [-0.3, -0.25) is 14.5 Å². The summed E-state index contributed by atoms with van der Waals surface area (Å²) in [4.78, 5) is 27.9. The number of allylic oxidation sites excluding steroid dienone is 4. The molecular formula is C23H23NO2. The van der Waals surface area contributed by atoms with Gasteiger partial charge in [0.1, 0.15) is 0 Å². The summed E-state index contributed by atoms with van der Waals surface area (Å²) in [6.07, 6.45) is 12.1. The van der Waals surface area contributed by atoms with Gasteiger partial charge in [-0.15, -0.1) is 0 Å². The Bertz CT molecular complexity index is 882. The van der Waals surface area contributed by atoms with Crippen molar-refractivity contribution in [2.75, 3.05) is 4.90 Å². The molecule has 6 unspecified atom stereocenters. The second kappa shape index (κ2) is 5.18. The van der Waals surface area contributed by atoms with E-state index >= 15 is 0 Å². The van der Waals surface area contributed by atoms with Gasteiger partial charge in [0.2, 0.25) is 11.8 Å². The van der Waals surface area contributed by atoms with E-state index < -0.39 is 0 Å². The Kier molecular flexibility index (Phi) is 2.98. The van der Waals surface area contributed by atoms with Crippen LogP contribution in [0.1, 0.15) is 37.7 Å². The van der Waals surface area contributed by atoms with E-state index in [4.69, 9.17) is 0 Å².